The molecule has 0 fully saturated rings. The Morgan fingerprint density at radius 1 is 1.55 bits per heavy atom. The zero-order valence-electron chi connectivity index (χ0n) is 7.02. The molecule has 0 aliphatic heterocycles. The van der Waals surface area contributed by atoms with Crippen LogP contribution in [0.25, 0.3) is 0 Å². The molecule has 0 radical (unpaired) electrons. The molecule has 1 aromatic heterocycles. The first kappa shape index (κ1) is 8.78. The Morgan fingerprint density at radius 3 is 2.45 bits per heavy atom. The Labute approximate surface area is 75.1 Å². The number of nitrogens with zero attached hydrogens (tertiary/aromatic N) is 1. The van der Waals surface area contributed by atoms with Gasteiger partial charge in [-0.25, -0.2) is 4.98 Å². The normalized spacial score (nSPS) is 12.0. The van der Waals surface area contributed by atoms with Gasteiger partial charge in [-0.2, -0.15) is 0 Å². The van der Waals surface area contributed by atoms with Gasteiger partial charge in [-0.1, -0.05) is 36.7 Å². The highest BCUT2D eigenvalue weighted by Crippen LogP contribution is 2.21. The third kappa shape index (κ3) is 2.06. The molecule has 0 saturated heterocycles. The Morgan fingerprint density at radius 2 is 2.18 bits per heavy atom. The first-order chi connectivity index (χ1) is 5.04. The molecule has 3 heteroatoms. The molecule has 0 spiro atoms. The van der Waals surface area contributed by atoms with Crippen molar-refractivity contribution in [3.05, 3.63) is 17.8 Å². The van der Waals surface area contributed by atoms with Crippen molar-refractivity contribution in [1.29, 1.82) is 0 Å². The monoisotopic (exact) mass is 217 g/mol. The van der Waals surface area contributed by atoms with Crippen molar-refractivity contribution in [2.75, 3.05) is 0 Å². The van der Waals surface area contributed by atoms with Gasteiger partial charge in [0.25, 0.3) is 0 Å². The summed E-state index contributed by atoms with van der Waals surface area (Å²) in [6.45, 7) is 6.24. The molecule has 0 aliphatic carbocycles. The second kappa shape index (κ2) is 2.97. The van der Waals surface area contributed by atoms with Crippen molar-refractivity contribution in [2.45, 2.75) is 31.5 Å². The number of halogens is 1. The molecule has 1 rings (SSSR count). The molecule has 0 unspecified atom stereocenters. The molecule has 0 N–H and O–H groups in total. The minimum atomic E-state index is 0.0143. The average molecular weight is 218 g/mol. The minimum absolute atomic E-state index is 0.0143. The smallest absolute Gasteiger partial charge is 0.199 e. The largest absolute Gasteiger partial charge is 0.448 e. The second-order valence-electron chi connectivity index (χ2n) is 3.53. The number of aromatic nitrogens is 1. The van der Waals surface area contributed by atoms with Crippen LogP contribution in [0.4, 0.5) is 0 Å². The van der Waals surface area contributed by atoms with Gasteiger partial charge in [0.05, 0.1) is 5.69 Å². The van der Waals surface area contributed by atoms with Gasteiger partial charge in [0.15, 0.2) is 5.89 Å². The lowest BCUT2D eigenvalue weighted by molar-refractivity contribution is 0.392. The maximum Gasteiger partial charge on any atom is 0.199 e. The van der Waals surface area contributed by atoms with Crippen LogP contribution in [0.5, 0.6) is 0 Å². The summed E-state index contributed by atoms with van der Waals surface area (Å²) in [4.78, 5) is 4.29. The van der Waals surface area contributed by atoms with Crippen LogP contribution in [0.15, 0.2) is 10.7 Å². The third-order valence-electron chi connectivity index (χ3n) is 1.33. The van der Waals surface area contributed by atoms with E-state index in [0.29, 0.717) is 0 Å². The van der Waals surface area contributed by atoms with Crippen LogP contribution in [0.2, 0.25) is 0 Å². The predicted molar refractivity (Wildman–Crippen MR) is 47.8 cm³/mol. The predicted octanol–water partition coefficient (Wildman–Crippen LogP) is 2.87. The van der Waals surface area contributed by atoms with Gasteiger partial charge in [0.1, 0.15) is 6.26 Å². The molecule has 0 bridgehead atoms. The van der Waals surface area contributed by atoms with Crippen molar-refractivity contribution < 1.29 is 4.42 Å². The Kier molecular flexibility index (Phi) is 2.37. The van der Waals surface area contributed by atoms with E-state index in [1.54, 1.807) is 6.26 Å². The van der Waals surface area contributed by atoms with Crippen molar-refractivity contribution in [1.82, 2.24) is 4.98 Å². The van der Waals surface area contributed by atoms with Gasteiger partial charge in [-0.05, 0) is 0 Å². The van der Waals surface area contributed by atoms with Crippen molar-refractivity contribution in [2.24, 2.45) is 0 Å². The lowest BCUT2D eigenvalue weighted by atomic mass is 9.97. The van der Waals surface area contributed by atoms with Crippen LogP contribution in [0.3, 0.4) is 0 Å². The molecule has 1 heterocycles. The molecule has 0 atom stereocenters. The minimum Gasteiger partial charge on any atom is -0.448 e. The molecule has 0 amide bonds. The van der Waals surface area contributed by atoms with Crippen molar-refractivity contribution in [3.63, 3.8) is 0 Å². The Hall–Kier alpha value is -0.310. The summed E-state index contributed by atoms with van der Waals surface area (Å²) in [5.74, 6) is 0.798. The van der Waals surface area contributed by atoms with Crippen LogP contribution in [0.1, 0.15) is 32.4 Å². The first-order valence-corrected chi connectivity index (χ1v) is 4.67. The molecule has 0 saturated carbocycles. The molecule has 62 valence electrons. The summed E-state index contributed by atoms with van der Waals surface area (Å²) in [5.41, 5.74) is 0.968. The summed E-state index contributed by atoms with van der Waals surface area (Å²) < 4.78 is 5.28. The lowest BCUT2D eigenvalue weighted by Crippen LogP contribution is -2.11. The van der Waals surface area contributed by atoms with Crippen LogP contribution >= 0.6 is 15.9 Å². The maximum atomic E-state index is 5.28. The van der Waals surface area contributed by atoms with Crippen LogP contribution < -0.4 is 0 Å². The maximum absolute atomic E-state index is 5.28. The molecule has 1 aromatic rings. The highest BCUT2D eigenvalue weighted by atomic mass is 79.9. The molecule has 2 nitrogen and oxygen atoms in total. The van der Waals surface area contributed by atoms with Crippen LogP contribution in [0, 0.1) is 0 Å². The van der Waals surface area contributed by atoms with Gasteiger partial charge in [-0.3, -0.25) is 0 Å². The summed E-state index contributed by atoms with van der Waals surface area (Å²) >= 11 is 3.32. The standard InChI is InChI=1S/C8H12BrNO/c1-8(2,3)7-10-6(4-9)5-11-7/h5H,4H2,1-3H3. The molecule has 11 heavy (non-hydrogen) atoms. The van der Waals surface area contributed by atoms with Gasteiger partial charge in [-0.15, -0.1) is 0 Å². The second-order valence-corrected chi connectivity index (χ2v) is 4.09. The Bertz CT molecular complexity index is 236. The first-order valence-electron chi connectivity index (χ1n) is 3.55. The number of hydrogen-bond acceptors (Lipinski definition) is 2. The quantitative estimate of drug-likeness (QED) is 0.677. The molecular formula is C8H12BrNO. The average Bonchev–Trinajstić information content (AvgIpc) is 2.32. The molecule has 0 aliphatic rings. The topological polar surface area (TPSA) is 26.0 Å². The van der Waals surface area contributed by atoms with E-state index in [4.69, 9.17) is 4.42 Å². The number of rotatable bonds is 1. The van der Waals surface area contributed by atoms with E-state index < -0.39 is 0 Å². The van der Waals surface area contributed by atoms with Crippen molar-refractivity contribution >= 4 is 15.9 Å². The Balaban J connectivity index is 2.89. The highest BCUT2D eigenvalue weighted by Gasteiger charge is 2.19. The van der Waals surface area contributed by atoms with E-state index in [2.05, 4.69) is 41.7 Å². The SMILES string of the molecule is CC(C)(C)c1nc(CBr)co1. The zero-order valence-corrected chi connectivity index (χ0v) is 8.60. The number of oxazole rings is 1. The highest BCUT2D eigenvalue weighted by molar-refractivity contribution is 9.08. The van der Waals surface area contributed by atoms with Gasteiger partial charge >= 0.3 is 0 Å². The fourth-order valence-corrected chi connectivity index (χ4v) is 0.970. The van der Waals surface area contributed by atoms with Crippen LogP contribution in [-0.4, -0.2) is 4.98 Å². The van der Waals surface area contributed by atoms with E-state index in [9.17, 15) is 0 Å². The zero-order chi connectivity index (χ0) is 8.48. The van der Waals surface area contributed by atoms with E-state index >= 15 is 0 Å². The van der Waals surface area contributed by atoms with E-state index in [1.807, 2.05) is 0 Å². The summed E-state index contributed by atoms with van der Waals surface area (Å²) in [5, 5.41) is 0.757. The summed E-state index contributed by atoms with van der Waals surface area (Å²) in [7, 11) is 0. The van der Waals surface area contributed by atoms with Gasteiger partial charge < -0.3 is 4.42 Å². The van der Waals surface area contributed by atoms with Crippen LogP contribution in [-0.2, 0) is 10.7 Å². The van der Waals surface area contributed by atoms with Gasteiger partial charge in [0.2, 0.25) is 0 Å². The number of alkyl halides is 1. The van der Waals surface area contributed by atoms with E-state index in [-0.39, 0.29) is 5.41 Å². The van der Waals surface area contributed by atoms with Gasteiger partial charge in [0, 0.05) is 10.7 Å². The van der Waals surface area contributed by atoms with E-state index in [1.165, 1.54) is 0 Å². The molecule has 0 aromatic carbocycles. The van der Waals surface area contributed by atoms with Crippen molar-refractivity contribution in [3.8, 4) is 0 Å². The van der Waals surface area contributed by atoms with E-state index in [0.717, 1.165) is 16.9 Å². The fourth-order valence-electron chi connectivity index (χ4n) is 0.713. The third-order valence-corrected chi connectivity index (χ3v) is 1.90. The fraction of sp³-hybridized carbons (Fsp3) is 0.625. The summed E-state index contributed by atoms with van der Waals surface area (Å²) in [6.07, 6.45) is 1.69. The molecular weight excluding hydrogens is 206 g/mol. The lowest BCUT2D eigenvalue weighted by Gasteiger charge is -2.11. The number of hydrogen-bond donors (Lipinski definition) is 0. The summed E-state index contributed by atoms with van der Waals surface area (Å²) in [6, 6.07) is 0.